The molecular weight excluding hydrogens is 398 g/mol. The summed E-state index contributed by atoms with van der Waals surface area (Å²) in [5.41, 5.74) is 9.89. The van der Waals surface area contributed by atoms with Gasteiger partial charge in [-0.2, -0.15) is 0 Å². The van der Waals surface area contributed by atoms with Gasteiger partial charge in [0.25, 0.3) is 5.91 Å². The lowest BCUT2D eigenvalue weighted by Gasteiger charge is -2.30. The van der Waals surface area contributed by atoms with Gasteiger partial charge in [-0.3, -0.25) is 9.59 Å². The molecule has 2 N–H and O–H groups in total. The second kappa shape index (κ2) is 8.36. The highest BCUT2D eigenvalue weighted by Crippen LogP contribution is 2.31. The Morgan fingerprint density at radius 1 is 1.00 bits per heavy atom. The second-order valence-corrected chi connectivity index (χ2v) is 8.11. The number of halogens is 1. The van der Waals surface area contributed by atoms with Crippen LogP contribution < -0.4 is 5.73 Å². The Morgan fingerprint density at radius 2 is 1.63 bits per heavy atom. The molecule has 2 amide bonds. The normalized spacial score (nSPS) is 14.7. The lowest BCUT2D eigenvalue weighted by atomic mass is 9.96. The molecule has 0 bridgehead atoms. The molecule has 3 aromatic rings. The van der Waals surface area contributed by atoms with Crippen molar-refractivity contribution in [3.63, 3.8) is 0 Å². The summed E-state index contributed by atoms with van der Waals surface area (Å²) in [7, 11) is 0. The molecular formula is C24H24ClN3O2. The van der Waals surface area contributed by atoms with Crippen LogP contribution in [0.5, 0.6) is 0 Å². The fraction of sp³-hybridized carbons (Fsp3) is 0.250. The van der Waals surface area contributed by atoms with Gasteiger partial charge in [-0.15, -0.1) is 0 Å². The Morgan fingerprint density at radius 3 is 2.23 bits per heavy atom. The number of amides is 2. The van der Waals surface area contributed by atoms with Crippen molar-refractivity contribution in [1.29, 1.82) is 0 Å². The van der Waals surface area contributed by atoms with E-state index in [2.05, 4.69) is 4.57 Å². The molecule has 1 aromatic heterocycles. The molecule has 0 saturated carbocycles. The number of hydrogen-bond acceptors (Lipinski definition) is 2. The summed E-state index contributed by atoms with van der Waals surface area (Å²) in [5, 5.41) is 0.668. The molecule has 4 rings (SSSR count). The minimum absolute atomic E-state index is 0.0136. The molecule has 30 heavy (non-hydrogen) atoms. The molecule has 0 aliphatic carbocycles. The van der Waals surface area contributed by atoms with Crippen molar-refractivity contribution in [2.75, 3.05) is 13.1 Å². The molecule has 0 radical (unpaired) electrons. The molecule has 5 nitrogen and oxygen atoms in total. The lowest BCUT2D eigenvalue weighted by Crippen LogP contribution is -2.41. The Balaban J connectivity index is 1.73. The highest BCUT2D eigenvalue weighted by atomic mass is 35.5. The molecule has 1 aliphatic heterocycles. The Hall–Kier alpha value is -3.05. The Kier molecular flexibility index (Phi) is 5.64. The number of nitrogens with two attached hydrogens (primary N) is 1. The van der Waals surface area contributed by atoms with Crippen molar-refractivity contribution >= 4 is 23.4 Å². The minimum atomic E-state index is -0.279. The summed E-state index contributed by atoms with van der Waals surface area (Å²) in [6, 6.07) is 19.6. The summed E-state index contributed by atoms with van der Waals surface area (Å²) in [4.78, 5) is 26.6. The van der Waals surface area contributed by atoms with Gasteiger partial charge in [-0.1, -0.05) is 41.9 Å². The van der Waals surface area contributed by atoms with Crippen LogP contribution in [0.1, 0.15) is 28.9 Å². The Labute approximate surface area is 181 Å². The third kappa shape index (κ3) is 3.85. The van der Waals surface area contributed by atoms with E-state index in [1.54, 1.807) is 0 Å². The largest absolute Gasteiger partial charge is 0.369 e. The van der Waals surface area contributed by atoms with Crippen molar-refractivity contribution in [1.82, 2.24) is 9.47 Å². The highest BCUT2D eigenvalue weighted by Gasteiger charge is 2.29. The van der Waals surface area contributed by atoms with Crippen LogP contribution in [-0.2, 0) is 4.79 Å². The molecule has 0 unspecified atom stereocenters. The molecule has 6 heteroatoms. The van der Waals surface area contributed by atoms with Crippen LogP contribution in [0.25, 0.3) is 16.9 Å². The highest BCUT2D eigenvalue weighted by molar-refractivity contribution is 6.30. The van der Waals surface area contributed by atoms with Crippen molar-refractivity contribution in [2.45, 2.75) is 19.8 Å². The molecule has 154 valence electrons. The number of carbonyl (C=O) groups is 2. The van der Waals surface area contributed by atoms with E-state index in [1.165, 1.54) is 0 Å². The monoisotopic (exact) mass is 421 g/mol. The molecule has 1 aliphatic rings. The van der Waals surface area contributed by atoms with E-state index < -0.39 is 0 Å². The standard InChI is InChI=1S/C24H24ClN3O2/c1-16-21(24(30)27-13-11-18(12-14-27)23(26)29)15-22(17-7-9-19(25)10-8-17)28(16)20-5-3-2-4-6-20/h2-10,15,18H,11-14H2,1H3,(H2,26,29). The summed E-state index contributed by atoms with van der Waals surface area (Å²) in [6.45, 7) is 3.05. The van der Waals surface area contributed by atoms with Gasteiger partial charge in [-0.25, -0.2) is 0 Å². The summed E-state index contributed by atoms with van der Waals surface area (Å²) in [5.74, 6) is -0.437. The van der Waals surface area contributed by atoms with E-state index in [4.69, 9.17) is 17.3 Å². The van der Waals surface area contributed by atoms with Crippen LogP contribution in [0.3, 0.4) is 0 Å². The molecule has 1 saturated heterocycles. The maximum absolute atomic E-state index is 13.4. The molecule has 1 fully saturated rings. The average Bonchev–Trinajstić information content (AvgIpc) is 3.11. The number of likely N-dealkylation sites (tertiary alicyclic amines) is 1. The molecule has 2 aromatic carbocycles. The average molecular weight is 422 g/mol. The quantitative estimate of drug-likeness (QED) is 0.676. The van der Waals surface area contributed by atoms with Crippen LogP contribution in [0.15, 0.2) is 60.7 Å². The Bertz CT molecular complexity index is 1070. The first-order valence-corrected chi connectivity index (χ1v) is 10.5. The maximum atomic E-state index is 13.4. The predicted molar refractivity (Wildman–Crippen MR) is 119 cm³/mol. The van der Waals surface area contributed by atoms with Crippen molar-refractivity contribution in [3.8, 4) is 16.9 Å². The van der Waals surface area contributed by atoms with E-state index >= 15 is 0 Å². The van der Waals surface area contributed by atoms with E-state index in [0.717, 1.165) is 22.6 Å². The minimum Gasteiger partial charge on any atom is -0.369 e. The van der Waals surface area contributed by atoms with Crippen LogP contribution in [-0.4, -0.2) is 34.4 Å². The van der Waals surface area contributed by atoms with E-state index in [-0.39, 0.29) is 17.7 Å². The van der Waals surface area contributed by atoms with Gasteiger partial charge in [0.1, 0.15) is 0 Å². The van der Waals surface area contributed by atoms with Crippen molar-refractivity contribution in [3.05, 3.63) is 76.9 Å². The number of para-hydroxylation sites is 1. The number of piperidine rings is 1. The molecule has 2 heterocycles. The fourth-order valence-electron chi connectivity index (χ4n) is 4.10. The van der Waals surface area contributed by atoms with Gasteiger partial charge in [0.05, 0.1) is 11.3 Å². The number of nitrogens with zero attached hydrogens (tertiary/aromatic N) is 2. The second-order valence-electron chi connectivity index (χ2n) is 7.68. The third-order valence-electron chi connectivity index (χ3n) is 5.82. The van der Waals surface area contributed by atoms with Gasteiger partial charge in [0, 0.05) is 35.4 Å². The van der Waals surface area contributed by atoms with Crippen LogP contribution in [0.4, 0.5) is 0 Å². The number of primary amides is 1. The van der Waals surface area contributed by atoms with Gasteiger partial charge < -0.3 is 15.2 Å². The van der Waals surface area contributed by atoms with Gasteiger partial charge in [0.15, 0.2) is 0 Å². The summed E-state index contributed by atoms with van der Waals surface area (Å²) >= 11 is 6.08. The lowest BCUT2D eigenvalue weighted by molar-refractivity contribution is -0.123. The number of benzene rings is 2. The topological polar surface area (TPSA) is 68.3 Å². The van der Waals surface area contributed by atoms with Crippen LogP contribution in [0.2, 0.25) is 5.02 Å². The summed E-state index contributed by atoms with van der Waals surface area (Å²) < 4.78 is 2.10. The number of aromatic nitrogens is 1. The zero-order chi connectivity index (χ0) is 21.3. The first-order chi connectivity index (χ1) is 14.5. The maximum Gasteiger partial charge on any atom is 0.255 e. The first kappa shape index (κ1) is 20.2. The van der Waals surface area contributed by atoms with Crippen LogP contribution >= 0.6 is 11.6 Å². The predicted octanol–water partition coefficient (Wildman–Crippen LogP) is 4.44. The van der Waals surface area contributed by atoms with Crippen molar-refractivity contribution in [2.24, 2.45) is 11.7 Å². The number of rotatable bonds is 4. The van der Waals surface area contributed by atoms with Gasteiger partial charge in [0.2, 0.25) is 5.91 Å². The van der Waals surface area contributed by atoms with E-state index in [1.807, 2.05) is 72.5 Å². The smallest absolute Gasteiger partial charge is 0.255 e. The SMILES string of the molecule is Cc1c(C(=O)N2CCC(C(N)=O)CC2)cc(-c2ccc(Cl)cc2)n1-c1ccccc1. The number of hydrogen-bond donors (Lipinski definition) is 1. The summed E-state index contributed by atoms with van der Waals surface area (Å²) in [6.07, 6.45) is 1.23. The van der Waals surface area contributed by atoms with E-state index in [9.17, 15) is 9.59 Å². The van der Waals surface area contributed by atoms with Gasteiger partial charge in [-0.05, 0) is 55.7 Å². The molecule has 0 spiro atoms. The van der Waals surface area contributed by atoms with Crippen LogP contribution in [0, 0.1) is 12.8 Å². The fourth-order valence-corrected chi connectivity index (χ4v) is 4.23. The zero-order valence-electron chi connectivity index (χ0n) is 16.8. The molecule has 0 atom stereocenters. The van der Waals surface area contributed by atoms with Crippen molar-refractivity contribution < 1.29 is 9.59 Å². The number of carbonyl (C=O) groups excluding carboxylic acids is 2. The van der Waals surface area contributed by atoms with Gasteiger partial charge >= 0.3 is 0 Å². The first-order valence-electron chi connectivity index (χ1n) is 10.1. The van der Waals surface area contributed by atoms with E-state index in [0.29, 0.717) is 36.5 Å². The zero-order valence-corrected chi connectivity index (χ0v) is 17.6. The third-order valence-corrected chi connectivity index (χ3v) is 6.07.